The van der Waals surface area contributed by atoms with E-state index in [9.17, 15) is 43.8 Å². The summed E-state index contributed by atoms with van der Waals surface area (Å²) in [5, 5.41) is 68.1. The van der Waals surface area contributed by atoms with Crippen LogP contribution >= 0.6 is 0 Å². The van der Waals surface area contributed by atoms with E-state index >= 15 is 0 Å². The molecular weight excluding hydrogens is 707 g/mol. The number of halogens is 3. The van der Waals surface area contributed by atoms with Crippen LogP contribution in [0.25, 0.3) is 0 Å². The molecule has 2 fully saturated rings. The number of aliphatic hydroxyl groups is 6. The Morgan fingerprint density at radius 1 is 0.722 bits per heavy atom. The van der Waals surface area contributed by atoms with Crippen molar-refractivity contribution in [1.82, 2.24) is 15.5 Å². The summed E-state index contributed by atoms with van der Waals surface area (Å²) in [6, 6.07) is -3.36. The van der Waals surface area contributed by atoms with Crippen molar-refractivity contribution in [2.24, 2.45) is 0 Å². The molecule has 2 aliphatic rings. The van der Waals surface area contributed by atoms with E-state index in [0.717, 1.165) is 90.5 Å². The SMILES string of the molecule is CCCCCCCCCCCCCC[C@@H](O)[C@@H](O)[C@H](COC1OC(CO)C(O)C(O)C1O)N[C@@H](CCCCCCCCCCN1CCNCC1)C(F)(F)F. The van der Waals surface area contributed by atoms with Gasteiger partial charge in [-0.3, -0.25) is 5.32 Å². The monoisotopic (exact) mass is 786 g/mol. The van der Waals surface area contributed by atoms with Crippen molar-refractivity contribution < 1.29 is 53.3 Å². The molecule has 8 N–H and O–H groups in total. The molecule has 0 spiro atoms. The molecule has 2 saturated heterocycles. The molecule has 2 rings (SSSR count). The van der Waals surface area contributed by atoms with Gasteiger partial charge in [0.1, 0.15) is 30.5 Å². The van der Waals surface area contributed by atoms with Gasteiger partial charge in [-0.2, -0.15) is 13.2 Å². The fourth-order valence-corrected chi connectivity index (χ4v) is 7.56. The van der Waals surface area contributed by atoms with Gasteiger partial charge in [-0.1, -0.05) is 129 Å². The number of ether oxygens (including phenoxy) is 2. The highest BCUT2D eigenvalue weighted by molar-refractivity contribution is 4.91. The highest BCUT2D eigenvalue weighted by Crippen LogP contribution is 2.27. The van der Waals surface area contributed by atoms with E-state index in [2.05, 4.69) is 22.5 Å². The van der Waals surface area contributed by atoms with Crippen LogP contribution in [0.2, 0.25) is 0 Å². The zero-order valence-electron chi connectivity index (χ0n) is 33.3. The summed E-state index contributed by atoms with van der Waals surface area (Å²) in [4.78, 5) is 2.48. The zero-order valence-corrected chi connectivity index (χ0v) is 33.3. The van der Waals surface area contributed by atoms with Gasteiger partial charge in [-0.25, -0.2) is 0 Å². The maximum atomic E-state index is 14.3. The lowest BCUT2D eigenvalue weighted by atomic mass is 9.97. The lowest BCUT2D eigenvalue weighted by Crippen LogP contribution is -2.61. The van der Waals surface area contributed by atoms with Crippen LogP contribution in [0.15, 0.2) is 0 Å². The summed E-state index contributed by atoms with van der Waals surface area (Å²) in [7, 11) is 0. The van der Waals surface area contributed by atoms with Gasteiger partial charge in [0.25, 0.3) is 0 Å². The Hall–Kier alpha value is -0.650. The second-order valence-electron chi connectivity index (χ2n) is 15.8. The molecule has 54 heavy (non-hydrogen) atoms. The van der Waals surface area contributed by atoms with Gasteiger partial charge in [0.15, 0.2) is 6.29 Å². The fraction of sp³-hybridized carbons (Fsp3) is 1.00. The predicted molar refractivity (Wildman–Crippen MR) is 205 cm³/mol. The standard InChI is InChI=1S/C40H78F3N3O8/c1-2-3-4-5-6-7-8-9-10-13-16-19-22-32(48)35(49)31(30-53-39-38(52)37(51)36(50)33(29-47)54-39)45-34(40(41,42)43)23-20-17-14-11-12-15-18-21-26-46-27-24-44-25-28-46/h31-39,44-45,47-52H,2-30H2,1H3/t31-,32+,33?,34-,35-,36?,37?,38?,39?/m0/s1. The maximum absolute atomic E-state index is 14.3. The van der Waals surface area contributed by atoms with Crippen molar-refractivity contribution in [2.45, 2.75) is 209 Å². The Morgan fingerprint density at radius 3 is 1.74 bits per heavy atom. The van der Waals surface area contributed by atoms with Crippen molar-refractivity contribution in [2.75, 3.05) is 45.9 Å². The lowest BCUT2D eigenvalue weighted by Gasteiger charge is -2.40. The van der Waals surface area contributed by atoms with Crippen LogP contribution in [0, 0.1) is 0 Å². The van der Waals surface area contributed by atoms with E-state index in [1.165, 1.54) is 51.4 Å². The van der Waals surface area contributed by atoms with Gasteiger partial charge in [-0.05, 0) is 25.8 Å². The van der Waals surface area contributed by atoms with Gasteiger partial charge >= 0.3 is 6.18 Å². The molecule has 0 aromatic carbocycles. The van der Waals surface area contributed by atoms with Gasteiger partial charge in [0.05, 0.1) is 31.5 Å². The molecule has 11 nitrogen and oxygen atoms in total. The summed E-state index contributed by atoms with van der Waals surface area (Å²) >= 11 is 0. The normalized spacial score (nSPS) is 25.1. The largest absolute Gasteiger partial charge is 0.403 e. The first-order chi connectivity index (χ1) is 26.0. The average molecular weight is 786 g/mol. The number of nitrogens with one attached hydrogen (secondary N) is 2. The number of aliphatic hydroxyl groups excluding tert-OH is 6. The summed E-state index contributed by atoms with van der Waals surface area (Å²) in [6.07, 6.45) is 5.22. The first-order valence-electron chi connectivity index (χ1n) is 21.5. The minimum absolute atomic E-state index is 0.198. The number of rotatable bonds is 32. The number of hydrogen-bond donors (Lipinski definition) is 8. The molecule has 2 heterocycles. The first-order valence-corrected chi connectivity index (χ1v) is 21.5. The van der Waals surface area contributed by atoms with Gasteiger partial charge in [-0.15, -0.1) is 0 Å². The molecule has 5 unspecified atom stereocenters. The Morgan fingerprint density at radius 2 is 1.22 bits per heavy atom. The van der Waals surface area contributed by atoms with Crippen LogP contribution in [0.1, 0.15) is 148 Å². The molecule has 0 aromatic rings. The van der Waals surface area contributed by atoms with Gasteiger partial charge in [0, 0.05) is 26.2 Å². The molecule has 0 aliphatic carbocycles. The van der Waals surface area contributed by atoms with Crippen molar-refractivity contribution >= 4 is 0 Å². The minimum Gasteiger partial charge on any atom is -0.394 e. The number of alkyl halides is 3. The van der Waals surface area contributed by atoms with E-state index in [1.54, 1.807) is 0 Å². The Labute approximate surface area is 323 Å². The van der Waals surface area contributed by atoms with Crippen LogP contribution in [0.3, 0.4) is 0 Å². The number of hydrogen-bond acceptors (Lipinski definition) is 11. The van der Waals surface area contributed by atoms with E-state index in [-0.39, 0.29) is 12.8 Å². The predicted octanol–water partition coefficient (Wildman–Crippen LogP) is 4.92. The maximum Gasteiger partial charge on any atom is 0.403 e. The molecule has 9 atom stereocenters. The van der Waals surface area contributed by atoms with Gasteiger partial charge < -0.3 is 50.3 Å². The quantitative estimate of drug-likeness (QED) is 0.0437. The average Bonchev–Trinajstić information content (AvgIpc) is 3.16. The van der Waals surface area contributed by atoms with Crippen molar-refractivity contribution in [3.05, 3.63) is 0 Å². The van der Waals surface area contributed by atoms with Crippen LogP contribution in [-0.4, -0.2) is 143 Å². The van der Waals surface area contributed by atoms with Crippen LogP contribution in [0.4, 0.5) is 13.2 Å². The highest BCUT2D eigenvalue weighted by Gasteiger charge is 2.46. The first kappa shape index (κ1) is 49.5. The third-order valence-electron chi connectivity index (χ3n) is 11.2. The van der Waals surface area contributed by atoms with E-state index in [1.807, 2.05) is 0 Å². The lowest BCUT2D eigenvalue weighted by molar-refractivity contribution is -0.303. The molecule has 0 amide bonds. The van der Waals surface area contributed by atoms with Crippen LogP contribution in [-0.2, 0) is 9.47 Å². The minimum atomic E-state index is -4.63. The fourth-order valence-electron chi connectivity index (χ4n) is 7.56. The van der Waals surface area contributed by atoms with Crippen molar-refractivity contribution in [1.29, 1.82) is 0 Å². The van der Waals surface area contributed by atoms with Gasteiger partial charge in [0.2, 0.25) is 0 Å². The van der Waals surface area contributed by atoms with Crippen LogP contribution in [0.5, 0.6) is 0 Å². The van der Waals surface area contributed by atoms with E-state index < -0.39 is 74.4 Å². The molecule has 322 valence electrons. The van der Waals surface area contributed by atoms with Crippen molar-refractivity contribution in [3.8, 4) is 0 Å². The molecule has 0 radical (unpaired) electrons. The Balaban J connectivity index is 1.84. The Kier molecular flexibility index (Phi) is 27.1. The summed E-state index contributed by atoms with van der Waals surface area (Å²) in [5.74, 6) is 0. The number of nitrogens with zero attached hydrogens (tertiary/aromatic N) is 1. The van der Waals surface area contributed by atoms with Crippen molar-refractivity contribution in [3.63, 3.8) is 0 Å². The molecule has 14 heteroatoms. The number of unbranched alkanes of at least 4 members (excludes halogenated alkanes) is 18. The molecule has 0 bridgehead atoms. The second-order valence-corrected chi connectivity index (χ2v) is 15.8. The molecule has 0 saturated carbocycles. The number of piperazine rings is 1. The summed E-state index contributed by atoms with van der Waals surface area (Å²) < 4.78 is 54.0. The molecule has 2 aliphatic heterocycles. The third-order valence-corrected chi connectivity index (χ3v) is 11.2. The Bertz CT molecular complexity index is 890. The highest BCUT2D eigenvalue weighted by atomic mass is 19.4. The summed E-state index contributed by atoms with van der Waals surface area (Å²) in [5.41, 5.74) is 0. The van der Waals surface area contributed by atoms with E-state index in [4.69, 9.17) is 9.47 Å². The second kappa shape index (κ2) is 29.5. The van der Waals surface area contributed by atoms with Crippen LogP contribution < -0.4 is 10.6 Å². The zero-order chi connectivity index (χ0) is 39.6. The molecule has 0 aromatic heterocycles. The summed E-state index contributed by atoms with van der Waals surface area (Å²) in [6.45, 7) is 6.32. The molecular formula is C40H78F3N3O8. The topological polar surface area (TPSA) is 167 Å². The van der Waals surface area contributed by atoms with E-state index in [0.29, 0.717) is 19.3 Å². The third kappa shape index (κ3) is 20.7. The smallest absolute Gasteiger partial charge is 0.394 e.